The minimum Gasteiger partial charge on any atom is -0.340 e. The van der Waals surface area contributed by atoms with E-state index in [9.17, 15) is 14.4 Å². The normalized spacial score (nSPS) is 16.2. The predicted octanol–water partition coefficient (Wildman–Crippen LogP) is 2.77. The number of hydrogen-bond acceptors (Lipinski definition) is 3. The Morgan fingerprint density at radius 1 is 1.12 bits per heavy atom. The number of fused-ring (bicyclic) bond motifs is 1. The summed E-state index contributed by atoms with van der Waals surface area (Å²) < 4.78 is 0. The molecule has 3 amide bonds. The van der Waals surface area contributed by atoms with E-state index >= 15 is 0 Å². The summed E-state index contributed by atoms with van der Waals surface area (Å²) in [5, 5.41) is 8.30. The zero-order chi connectivity index (χ0) is 18.7. The smallest absolute Gasteiger partial charge is 0.254 e. The summed E-state index contributed by atoms with van der Waals surface area (Å²) in [5.41, 5.74) is 3.69. The Bertz CT molecular complexity index is 876. The van der Waals surface area contributed by atoms with Crippen LogP contribution < -0.4 is 16.0 Å². The average Bonchev–Trinajstić information content (AvgIpc) is 2.73. The number of carbonyl (C=O) groups excluding carboxylic acids is 3. The van der Waals surface area contributed by atoms with E-state index in [4.69, 9.17) is 0 Å². The van der Waals surface area contributed by atoms with Gasteiger partial charge in [-0.05, 0) is 49.6 Å². The number of amides is 3. The van der Waals surface area contributed by atoms with Gasteiger partial charge in [-0.15, -0.1) is 0 Å². The van der Waals surface area contributed by atoms with Crippen LogP contribution in [0.4, 0.5) is 11.4 Å². The summed E-state index contributed by atoms with van der Waals surface area (Å²) in [6.07, 6.45) is 0.352. The van der Waals surface area contributed by atoms with E-state index in [1.807, 2.05) is 32.0 Å². The van der Waals surface area contributed by atoms with Gasteiger partial charge >= 0.3 is 0 Å². The second-order valence-electron chi connectivity index (χ2n) is 6.47. The zero-order valence-electron chi connectivity index (χ0n) is 14.8. The van der Waals surface area contributed by atoms with Crippen LogP contribution in [0.25, 0.3) is 0 Å². The molecule has 0 unspecified atom stereocenters. The molecule has 1 aliphatic rings. The number of rotatable bonds is 4. The molecule has 3 rings (SSSR count). The fourth-order valence-corrected chi connectivity index (χ4v) is 2.87. The zero-order valence-corrected chi connectivity index (χ0v) is 14.8. The first kappa shape index (κ1) is 17.7. The maximum atomic E-state index is 12.3. The number of anilines is 2. The lowest BCUT2D eigenvalue weighted by atomic mass is 10.1. The maximum Gasteiger partial charge on any atom is 0.254 e. The second kappa shape index (κ2) is 7.39. The summed E-state index contributed by atoms with van der Waals surface area (Å²) in [5.74, 6) is -0.829. The van der Waals surface area contributed by atoms with Crippen LogP contribution >= 0.6 is 0 Å². The number of hydrogen-bond donors (Lipinski definition) is 3. The van der Waals surface area contributed by atoms with Gasteiger partial charge in [-0.25, -0.2) is 0 Å². The average molecular weight is 351 g/mol. The van der Waals surface area contributed by atoms with Crippen LogP contribution in [0, 0.1) is 13.8 Å². The lowest BCUT2D eigenvalue weighted by Crippen LogP contribution is -2.41. The highest BCUT2D eigenvalue weighted by Gasteiger charge is 2.27. The van der Waals surface area contributed by atoms with Crippen molar-refractivity contribution in [3.8, 4) is 0 Å². The van der Waals surface area contributed by atoms with Crippen LogP contribution in [0.2, 0.25) is 0 Å². The molecular formula is C20H21N3O3. The first-order valence-electron chi connectivity index (χ1n) is 8.52. The molecule has 6 heteroatoms. The molecule has 0 saturated heterocycles. The van der Waals surface area contributed by atoms with Gasteiger partial charge in [0.2, 0.25) is 11.8 Å². The fourth-order valence-electron chi connectivity index (χ4n) is 2.87. The molecule has 1 atom stereocenters. The summed E-state index contributed by atoms with van der Waals surface area (Å²) >= 11 is 0. The van der Waals surface area contributed by atoms with E-state index in [0.29, 0.717) is 11.3 Å². The maximum absolute atomic E-state index is 12.3. The Labute approximate surface area is 152 Å². The third-order valence-electron chi connectivity index (χ3n) is 4.38. The van der Waals surface area contributed by atoms with E-state index in [0.717, 1.165) is 16.8 Å². The number of para-hydroxylation sites is 1. The Balaban J connectivity index is 1.62. The number of nitrogens with one attached hydrogen (secondary N) is 3. The molecule has 2 aromatic carbocycles. The van der Waals surface area contributed by atoms with Gasteiger partial charge in [0.25, 0.3) is 5.91 Å². The highest BCUT2D eigenvalue weighted by molar-refractivity contribution is 6.10. The minimum absolute atomic E-state index is 0.127. The van der Waals surface area contributed by atoms with E-state index in [1.165, 1.54) is 0 Å². The van der Waals surface area contributed by atoms with E-state index < -0.39 is 6.04 Å². The van der Waals surface area contributed by atoms with Crippen LogP contribution in [-0.2, 0) is 9.59 Å². The van der Waals surface area contributed by atoms with Crippen molar-refractivity contribution in [2.45, 2.75) is 32.7 Å². The van der Waals surface area contributed by atoms with Gasteiger partial charge < -0.3 is 16.0 Å². The SMILES string of the molecule is Cc1ccc(C)c(NC(=O)CC[C@@H]2NC(=O)c3ccccc3NC2=O)c1. The molecule has 0 aliphatic carbocycles. The Hall–Kier alpha value is -3.15. The van der Waals surface area contributed by atoms with Gasteiger partial charge in [-0.3, -0.25) is 14.4 Å². The van der Waals surface area contributed by atoms with E-state index in [2.05, 4.69) is 16.0 Å². The van der Waals surface area contributed by atoms with Crippen molar-refractivity contribution >= 4 is 29.1 Å². The summed E-state index contributed by atoms with van der Waals surface area (Å²) in [7, 11) is 0. The largest absolute Gasteiger partial charge is 0.340 e. The first-order chi connectivity index (χ1) is 12.4. The van der Waals surface area contributed by atoms with Crippen LogP contribution in [0.1, 0.15) is 34.3 Å². The van der Waals surface area contributed by atoms with E-state index in [1.54, 1.807) is 24.3 Å². The molecule has 6 nitrogen and oxygen atoms in total. The third kappa shape index (κ3) is 3.91. The van der Waals surface area contributed by atoms with Crippen LogP contribution in [0.5, 0.6) is 0 Å². The highest BCUT2D eigenvalue weighted by atomic mass is 16.2. The van der Waals surface area contributed by atoms with E-state index in [-0.39, 0.29) is 30.6 Å². The van der Waals surface area contributed by atoms with Crippen molar-refractivity contribution in [1.29, 1.82) is 0 Å². The van der Waals surface area contributed by atoms with Crippen molar-refractivity contribution in [3.05, 3.63) is 59.2 Å². The summed E-state index contributed by atoms with van der Waals surface area (Å²) in [6, 6.07) is 11.9. The Kier molecular flexibility index (Phi) is 5.02. The molecule has 0 fully saturated rings. The molecule has 0 radical (unpaired) electrons. The molecular weight excluding hydrogens is 330 g/mol. The molecule has 3 N–H and O–H groups in total. The van der Waals surface area contributed by atoms with Crippen molar-refractivity contribution in [2.75, 3.05) is 10.6 Å². The lowest BCUT2D eigenvalue weighted by Gasteiger charge is -2.15. The molecule has 26 heavy (non-hydrogen) atoms. The van der Waals surface area contributed by atoms with Crippen molar-refractivity contribution in [1.82, 2.24) is 5.32 Å². The lowest BCUT2D eigenvalue weighted by molar-refractivity contribution is -0.118. The topological polar surface area (TPSA) is 87.3 Å². The van der Waals surface area contributed by atoms with Gasteiger partial charge in [0.15, 0.2) is 0 Å². The quantitative estimate of drug-likeness (QED) is 0.791. The summed E-state index contributed by atoms with van der Waals surface area (Å²) in [4.78, 5) is 36.9. The number of benzene rings is 2. The van der Waals surface area contributed by atoms with Crippen LogP contribution in [0.3, 0.4) is 0 Å². The molecule has 1 aliphatic heterocycles. The monoisotopic (exact) mass is 351 g/mol. The summed E-state index contributed by atoms with van der Waals surface area (Å²) in [6.45, 7) is 3.88. The standard InChI is InChI=1S/C20H21N3O3/c1-12-7-8-13(2)17(11-12)21-18(24)10-9-16-20(26)22-15-6-4-3-5-14(15)19(25)23-16/h3-8,11,16H,9-10H2,1-2H3,(H,21,24)(H,22,26)(H,23,25)/t16-/m0/s1. The van der Waals surface area contributed by atoms with Crippen molar-refractivity contribution in [2.24, 2.45) is 0 Å². The first-order valence-corrected chi connectivity index (χ1v) is 8.52. The third-order valence-corrected chi connectivity index (χ3v) is 4.38. The fraction of sp³-hybridized carbons (Fsp3) is 0.250. The Morgan fingerprint density at radius 2 is 1.88 bits per heavy atom. The molecule has 0 aromatic heterocycles. The van der Waals surface area contributed by atoms with Crippen LogP contribution in [-0.4, -0.2) is 23.8 Å². The van der Waals surface area contributed by atoms with Gasteiger partial charge in [0, 0.05) is 12.1 Å². The number of aryl methyl sites for hydroxylation is 2. The van der Waals surface area contributed by atoms with Crippen LogP contribution in [0.15, 0.2) is 42.5 Å². The molecule has 0 saturated carbocycles. The van der Waals surface area contributed by atoms with Gasteiger partial charge in [-0.1, -0.05) is 24.3 Å². The van der Waals surface area contributed by atoms with Gasteiger partial charge in [-0.2, -0.15) is 0 Å². The number of carbonyl (C=O) groups is 3. The Morgan fingerprint density at radius 3 is 2.69 bits per heavy atom. The molecule has 2 aromatic rings. The minimum atomic E-state index is -0.751. The molecule has 134 valence electrons. The molecule has 0 spiro atoms. The molecule has 0 bridgehead atoms. The predicted molar refractivity (Wildman–Crippen MR) is 100 cm³/mol. The van der Waals surface area contributed by atoms with Gasteiger partial charge in [0.1, 0.15) is 6.04 Å². The second-order valence-corrected chi connectivity index (χ2v) is 6.47. The van der Waals surface area contributed by atoms with Crippen molar-refractivity contribution < 1.29 is 14.4 Å². The van der Waals surface area contributed by atoms with Crippen molar-refractivity contribution in [3.63, 3.8) is 0 Å². The molecule has 1 heterocycles. The highest BCUT2D eigenvalue weighted by Crippen LogP contribution is 2.20. The van der Waals surface area contributed by atoms with Gasteiger partial charge in [0.05, 0.1) is 11.3 Å².